The van der Waals surface area contributed by atoms with Gasteiger partial charge in [0.05, 0.1) is 28.5 Å². The number of aromatic nitrogens is 1. The van der Waals surface area contributed by atoms with Crippen LogP contribution in [-0.2, 0) is 16.1 Å². The highest BCUT2D eigenvalue weighted by Gasteiger charge is 2.35. The van der Waals surface area contributed by atoms with Gasteiger partial charge >= 0.3 is 5.97 Å². The second-order valence-corrected chi connectivity index (χ2v) is 11.4. The van der Waals surface area contributed by atoms with Crippen molar-refractivity contribution in [1.82, 2.24) is 4.57 Å². The van der Waals surface area contributed by atoms with Crippen molar-refractivity contribution >= 4 is 40.7 Å². The predicted molar refractivity (Wildman–Crippen MR) is 170 cm³/mol. The first-order valence-corrected chi connectivity index (χ1v) is 15.1. The van der Waals surface area contributed by atoms with Crippen molar-refractivity contribution in [1.29, 1.82) is 0 Å². The topological polar surface area (TPSA) is 69.9 Å². The van der Waals surface area contributed by atoms with Gasteiger partial charge in [0.15, 0.2) is 4.80 Å². The maximum Gasteiger partial charge on any atom is 0.338 e. The number of rotatable bonds is 8. The molecule has 0 saturated carbocycles. The Kier molecular flexibility index (Phi) is 8.54. The Labute approximate surface area is 261 Å². The van der Waals surface area contributed by atoms with Crippen molar-refractivity contribution in [2.45, 2.75) is 19.6 Å². The molecular formula is C35H26ClFN2O4S. The minimum Gasteiger partial charge on any atom is -0.489 e. The van der Waals surface area contributed by atoms with Crippen LogP contribution in [0, 0.1) is 5.82 Å². The Morgan fingerprint density at radius 2 is 1.77 bits per heavy atom. The van der Waals surface area contributed by atoms with Gasteiger partial charge in [-0.15, -0.1) is 0 Å². The first kappa shape index (κ1) is 29.3. The van der Waals surface area contributed by atoms with E-state index in [1.54, 1.807) is 31.2 Å². The van der Waals surface area contributed by atoms with E-state index in [9.17, 15) is 14.0 Å². The fraction of sp³-hybridized carbons (Fsp3) is 0.114. The van der Waals surface area contributed by atoms with E-state index in [0.717, 1.165) is 11.1 Å². The summed E-state index contributed by atoms with van der Waals surface area (Å²) in [6.07, 6.45) is 1.77. The highest BCUT2D eigenvalue weighted by atomic mass is 35.5. The number of carbonyl (C=O) groups is 1. The number of ether oxygens (including phenoxy) is 2. The molecule has 44 heavy (non-hydrogen) atoms. The van der Waals surface area contributed by atoms with Gasteiger partial charge in [0, 0.05) is 10.6 Å². The Hall–Kier alpha value is -4.79. The van der Waals surface area contributed by atoms with Gasteiger partial charge in [-0.05, 0) is 66.1 Å². The smallest absolute Gasteiger partial charge is 0.338 e. The molecule has 0 aliphatic carbocycles. The van der Waals surface area contributed by atoms with Crippen LogP contribution in [0.15, 0.2) is 118 Å². The molecular weight excluding hydrogens is 599 g/mol. The predicted octanol–water partition coefficient (Wildman–Crippen LogP) is 6.31. The van der Waals surface area contributed by atoms with E-state index >= 15 is 0 Å². The summed E-state index contributed by atoms with van der Waals surface area (Å²) < 4.78 is 27.3. The van der Waals surface area contributed by atoms with Gasteiger partial charge in [-0.3, -0.25) is 9.36 Å². The molecule has 2 heterocycles. The van der Waals surface area contributed by atoms with Gasteiger partial charge in [0.1, 0.15) is 18.2 Å². The highest BCUT2D eigenvalue weighted by molar-refractivity contribution is 7.07. The zero-order valence-corrected chi connectivity index (χ0v) is 25.1. The molecule has 1 aromatic heterocycles. The lowest BCUT2D eigenvalue weighted by molar-refractivity contribution is -0.138. The molecule has 0 bridgehead atoms. The van der Waals surface area contributed by atoms with Crippen LogP contribution in [0.1, 0.15) is 35.2 Å². The molecule has 6 nitrogen and oxygen atoms in total. The lowest BCUT2D eigenvalue weighted by Gasteiger charge is -2.25. The van der Waals surface area contributed by atoms with Crippen LogP contribution in [0.3, 0.4) is 0 Å². The summed E-state index contributed by atoms with van der Waals surface area (Å²) in [7, 11) is 0. The summed E-state index contributed by atoms with van der Waals surface area (Å²) in [5, 5.41) is 0.635. The third-order valence-corrected chi connectivity index (χ3v) is 8.23. The average Bonchev–Trinajstić information content (AvgIpc) is 3.34. The molecule has 5 aromatic rings. The van der Waals surface area contributed by atoms with E-state index < -0.39 is 17.8 Å². The van der Waals surface area contributed by atoms with Crippen molar-refractivity contribution in [3.63, 3.8) is 0 Å². The van der Waals surface area contributed by atoms with Gasteiger partial charge in [0.25, 0.3) is 5.56 Å². The number of benzene rings is 4. The van der Waals surface area contributed by atoms with Crippen LogP contribution in [0.4, 0.5) is 4.39 Å². The molecule has 0 saturated heterocycles. The van der Waals surface area contributed by atoms with Crippen LogP contribution in [0.5, 0.6) is 5.75 Å². The minimum atomic E-state index is -0.879. The molecule has 4 aromatic carbocycles. The summed E-state index contributed by atoms with van der Waals surface area (Å²) >= 11 is 7.31. The molecule has 1 aliphatic heterocycles. The maximum atomic E-state index is 14.1. The summed E-state index contributed by atoms with van der Waals surface area (Å²) in [4.78, 5) is 32.8. The Balaban J connectivity index is 1.47. The van der Waals surface area contributed by atoms with Gasteiger partial charge in [-0.1, -0.05) is 89.7 Å². The Morgan fingerprint density at radius 1 is 1.00 bits per heavy atom. The standard InChI is InChI=1S/C35H26ClFN2O4S/c1-2-42-34(41)30-31(24-10-4-3-5-11-24)38-35-39(32(30)25-14-16-27(37)17-15-25)33(40)29(44-35)20-22-8-7-13-28(19-22)43-21-23-9-6-12-26(36)18-23/h3-20,32H,2,21H2,1H3/b29-20-/t32-/m1/s1. The monoisotopic (exact) mass is 624 g/mol. The van der Waals surface area contributed by atoms with Gasteiger partial charge in [-0.2, -0.15) is 0 Å². The molecule has 6 rings (SSSR count). The lowest BCUT2D eigenvalue weighted by atomic mass is 9.93. The zero-order valence-electron chi connectivity index (χ0n) is 23.6. The van der Waals surface area contributed by atoms with E-state index in [4.69, 9.17) is 26.1 Å². The normalized spacial score (nSPS) is 14.6. The van der Waals surface area contributed by atoms with Crippen LogP contribution < -0.4 is 19.6 Å². The third kappa shape index (κ3) is 6.13. The van der Waals surface area contributed by atoms with Gasteiger partial charge in [0.2, 0.25) is 0 Å². The molecule has 0 fully saturated rings. The number of esters is 1. The quantitative estimate of drug-likeness (QED) is 0.190. The summed E-state index contributed by atoms with van der Waals surface area (Å²) in [5.41, 5.74) is 3.23. The molecule has 1 aliphatic rings. The van der Waals surface area contributed by atoms with Crippen LogP contribution in [0.2, 0.25) is 5.02 Å². The second kappa shape index (κ2) is 12.8. The average molecular weight is 625 g/mol. The van der Waals surface area contributed by atoms with Gasteiger partial charge in [-0.25, -0.2) is 14.2 Å². The fourth-order valence-electron chi connectivity index (χ4n) is 5.04. The van der Waals surface area contributed by atoms with E-state index in [1.807, 2.05) is 72.8 Å². The van der Waals surface area contributed by atoms with Crippen molar-refractivity contribution < 1.29 is 18.7 Å². The SMILES string of the molecule is CCOC(=O)C1=C(c2ccccc2)N=c2s/c(=C\c3cccc(OCc4cccc(Cl)c4)c3)c(=O)n2[C@@H]1c1ccc(F)cc1. The molecule has 0 spiro atoms. The first-order valence-electron chi connectivity index (χ1n) is 13.9. The molecule has 0 unspecified atom stereocenters. The Bertz CT molecular complexity index is 2050. The van der Waals surface area contributed by atoms with Crippen molar-refractivity contribution in [2.75, 3.05) is 6.61 Å². The molecule has 1 atom stereocenters. The number of carbonyl (C=O) groups excluding carboxylic acids is 1. The van der Waals surface area contributed by atoms with E-state index in [2.05, 4.69) is 0 Å². The highest BCUT2D eigenvalue weighted by Crippen LogP contribution is 2.35. The van der Waals surface area contributed by atoms with Crippen LogP contribution >= 0.6 is 22.9 Å². The molecule has 9 heteroatoms. The largest absolute Gasteiger partial charge is 0.489 e. The number of thiazole rings is 1. The van der Waals surface area contributed by atoms with E-state index in [-0.39, 0.29) is 17.7 Å². The number of fused-ring (bicyclic) bond motifs is 1. The summed E-state index contributed by atoms with van der Waals surface area (Å²) in [6.45, 7) is 2.19. The zero-order chi connectivity index (χ0) is 30.6. The third-order valence-electron chi connectivity index (χ3n) is 7.01. The second-order valence-electron chi connectivity index (χ2n) is 9.97. The van der Waals surface area contributed by atoms with Crippen LogP contribution in [-0.4, -0.2) is 17.1 Å². The molecule has 0 N–H and O–H groups in total. The van der Waals surface area contributed by atoms with E-state index in [1.165, 1.54) is 28.0 Å². The number of hydrogen-bond acceptors (Lipinski definition) is 6. The van der Waals surface area contributed by atoms with Gasteiger partial charge < -0.3 is 9.47 Å². The molecule has 220 valence electrons. The van der Waals surface area contributed by atoms with Crippen molar-refractivity contribution in [3.05, 3.63) is 161 Å². The van der Waals surface area contributed by atoms with Crippen molar-refractivity contribution in [2.24, 2.45) is 4.99 Å². The maximum absolute atomic E-state index is 14.1. The minimum absolute atomic E-state index is 0.140. The first-order chi connectivity index (χ1) is 21.4. The fourth-order valence-corrected chi connectivity index (χ4v) is 6.25. The molecule has 0 amide bonds. The number of halogens is 2. The number of hydrogen-bond donors (Lipinski definition) is 0. The molecule has 0 radical (unpaired) electrons. The van der Waals surface area contributed by atoms with E-state index in [0.29, 0.717) is 43.5 Å². The summed E-state index contributed by atoms with van der Waals surface area (Å²) in [6, 6.07) is 29.0. The number of nitrogens with zero attached hydrogens (tertiary/aromatic N) is 2. The summed E-state index contributed by atoms with van der Waals surface area (Å²) in [5.74, 6) is -0.390. The Morgan fingerprint density at radius 3 is 2.52 bits per heavy atom. The van der Waals surface area contributed by atoms with Crippen LogP contribution in [0.25, 0.3) is 11.8 Å². The lowest BCUT2D eigenvalue weighted by Crippen LogP contribution is -2.40. The van der Waals surface area contributed by atoms with Crippen molar-refractivity contribution in [3.8, 4) is 5.75 Å².